The van der Waals surface area contributed by atoms with Crippen molar-refractivity contribution < 1.29 is 4.74 Å². The van der Waals surface area contributed by atoms with Crippen LogP contribution in [0.15, 0.2) is 12.5 Å². The van der Waals surface area contributed by atoms with Crippen LogP contribution in [0.5, 0.6) is 0 Å². The lowest BCUT2D eigenvalue weighted by molar-refractivity contribution is 0.197. The number of hydrogen-bond acceptors (Lipinski definition) is 4. The molecule has 0 aromatic carbocycles. The van der Waals surface area contributed by atoms with Gasteiger partial charge in [-0.05, 0) is 26.4 Å². The Labute approximate surface area is 109 Å². The van der Waals surface area contributed by atoms with E-state index >= 15 is 0 Å². The number of likely N-dealkylation sites (tertiary alicyclic amines) is 1. The Bertz CT molecular complexity index is 353. The largest absolute Gasteiger partial charge is 0.383 e. The molecule has 1 unspecified atom stereocenters. The monoisotopic (exact) mass is 252 g/mol. The summed E-state index contributed by atoms with van der Waals surface area (Å²) in [5.74, 6) is 0. The summed E-state index contributed by atoms with van der Waals surface area (Å²) in [6, 6.07) is 0.575. The van der Waals surface area contributed by atoms with Crippen molar-refractivity contribution in [2.45, 2.75) is 25.4 Å². The Morgan fingerprint density at radius 1 is 1.56 bits per heavy atom. The maximum Gasteiger partial charge on any atom is 0.0951 e. The molecule has 0 aliphatic carbocycles. The summed E-state index contributed by atoms with van der Waals surface area (Å²) in [7, 11) is 3.92. The fourth-order valence-corrected chi connectivity index (χ4v) is 2.55. The van der Waals surface area contributed by atoms with Gasteiger partial charge in [0.1, 0.15) is 0 Å². The molecule has 1 aliphatic rings. The molecule has 0 bridgehead atoms. The molecule has 0 radical (unpaired) electrons. The first kappa shape index (κ1) is 13.5. The van der Waals surface area contributed by atoms with Crippen molar-refractivity contribution in [1.82, 2.24) is 19.8 Å². The Balaban J connectivity index is 1.90. The number of ether oxygens (including phenoxy) is 1. The third-order valence-electron chi connectivity index (χ3n) is 3.53. The maximum atomic E-state index is 5.03. The van der Waals surface area contributed by atoms with E-state index in [9.17, 15) is 0 Å². The lowest BCUT2D eigenvalue weighted by atomic mass is 10.1. The van der Waals surface area contributed by atoms with Crippen molar-refractivity contribution in [1.29, 1.82) is 0 Å². The lowest BCUT2D eigenvalue weighted by Gasteiger charge is -2.31. The van der Waals surface area contributed by atoms with Gasteiger partial charge in [-0.1, -0.05) is 0 Å². The van der Waals surface area contributed by atoms with Crippen molar-refractivity contribution in [3.8, 4) is 0 Å². The van der Waals surface area contributed by atoms with Crippen molar-refractivity contribution in [3.05, 3.63) is 18.2 Å². The van der Waals surface area contributed by atoms with Crippen LogP contribution in [-0.4, -0.2) is 54.8 Å². The van der Waals surface area contributed by atoms with Gasteiger partial charge in [0, 0.05) is 39.0 Å². The van der Waals surface area contributed by atoms with Gasteiger partial charge >= 0.3 is 0 Å². The Morgan fingerprint density at radius 2 is 2.44 bits per heavy atom. The highest BCUT2D eigenvalue weighted by Crippen LogP contribution is 2.21. The van der Waals surface area contributed by atoms with Crippen LogP contribution in [0.1, 0.15) is 24.6 Å². The van der Waals surface area contributed by atoms with E-state index < -0.39 is 0 Å². The van der Waals surface area contributed by atoms with Crippen LogP contribution >= 0.6 is 0 Å². The highest BCUT2D eigenvalue weighted by Gasteiger charge is 2.20. The third kappa shape index (κ3) is 3.54. The molecular formula is C13H24N4O. The second-order valence-corrected chi connectivity index (χ2v) is 5.02. The van der Waals surface area contributed by atoms with Crippen LogP contribution in [-0.2, 0) is 11.3 Å². The fraction of sp³-hybridized carbons (Fsp3) is 0.769. The minimum atomic E-state index is 0.575. The van der Waals surface area contributed by atoms with Crippen LogP contribution in [0.25, 0.3) is 0 Å². The average Bonchev–Trinajstić information content (AvgIpc) is 2.83. The predicted molar refractivity (Wildman–Crippen MR) is 71.6 cm³/mol. The topological polar surface area (TPSA) is 42.3 Å². The smallest absolute Gasteiger partial charge is 0.0951 e. The minimum absolute atomic E-state index is 0.575. The molecule has 1 aliphatic heterocycles. The van der Waals surface area contributed by atoms with Gasteiger partial charge in [-0.3, -0.25) is 0 Å². The van der Waals surface area contributed by atoms with E-state index in [1.54, 1.807) is 7.11 Å². The number of aromatic nitrogens is 2. The number of rotatable bonds is 6. The van der Waals surface area contributed by atoms with E-state index in [4.69, 9.17) is 4.74 Å². The highest BCUT2D eigenvalue weighted by molar-refractivity contribution is 5.01. The summed E-state index contributed by atoms with van der Waals surface area (Å²) in [6.45, 7) is 4.84. The van der Waals surface area contributed by atoms with Crippen LogP contribution in [0.3, 0.4) is 0 Å². The van der Waals surface area contributed by atoms with Gasteiger partial charge in [0.15, 0.2) is 0 Å². The molecule has 0 amide bonds. The SMILES string of the molecule is COCCNCc1cncn1C1CCCN(C)C1. The quantitative estimate of drug-likeness (QED) is 0.763. The molecular weight excluding hydrogens is 228 g/mol. The van der Waals surface area contributed by atoms with E-state index in [0.29, 0.717) is 6.04 Å². The number of imidazole rings is 1. The Kier molecular flexibility index (Phi) is 5.16. The van der Waals surface area contributed by atoms with Gasteiger partial charge in [0.2, 0.25) is 0 Å². The zero-order valence-electron chi connectivity index (χ0n) is 11.4. The van der Waals surface area contributed by atoms with Crippen molar-refractivity contribution >= 4 is 0 Å². The second kappa shape index (κ2) is 6.87. The number of nitrogens with zero attached hydrogens (tertiary/aromatic N) is 3. The van der Waals surface area contributed by atoms with Gasteiger partial charge in [-0.2, -0.15) is 0 Å². The summed E-state index contributed by atoms with van der Waals surface area (Å²) < 4.78 is 7.36. The first-order chi connectivity index (χ1) is 8.81. The molecule has 1 saturated heterocycles. The van der Waals surface area contributed by atoms with Crippen LogP contribution in [0, 0.1) is 0 Å². The first-order valence-corrected chi connectivity index (χ1v) is 6.70. The summed E-state index contributed by atoms with van der Waals surface area (Å²) in [4.78, 5) is 6.69. The van der Waals surface area contributed by atoms with Gasteiger partial charge in [-0.15, -0.1) is 0 Å². The van der Waals surface area contributed by atoms with E-state index in [1.165, 1.54) is 25.1 Å². The van der Waals surface area contributed by atoms with Crippen LogP contribution in [0.2, 0.25) is 0 Å². The molecule has 1 aromatic heterocycles. The lowest BCUT2D eigenvalue weighted by Crippen LogP contribution is -2.34. The van der Waals surface area contributed by atoms with Gasteiger partial charge < -0.3 is 19.5 Å². The molecule has 5 nitrogen and oxygen atoms in total. The van der Waals surface area contributed by atoms with Gasteiger partial charge in [0.25, 0.3) is 0 Å². The van der Waals surface area contributed by atoms with Crippen molar-refractivity contribution in [3.63, 3.8) is 0 Å². The summed E-state index contributed by atoms with van der Waals surface area (Å²) in [5, 5.41) is 3.38. The highest BCUT2D eigenvalue weighted by atomic mass is 16.5. The van der Waals surface area contributed by atoms with Crippen LogP contribution in [0.4, 0.5) is 0 Å². The number of likely N-dealkylation sites (N-methyl/N-ethyl adjacent to an activating group) is 1. The van der Waals surface area contributed by atoms with Crippen molar-refractivity contribution in [2.24, 2.45) is 0 Å². The number of nitrogens with one attached hydrogen (secondary N) is 1. The molecule has 102 valence electrons. The average molecular weight is 252 g/mol. The molecule has 0 saturated carbocycles. The number of hydrogen-bond donors (Lipinski definition) is 1. The molecule has 5 heteroatoms. The molecule has 2 heterocycles. The van der Waals surface area contributed by atoms with Gasteiger partial charge in [0.05, 0.1) is 18.6 Å². The number of piperidine rings is 1. The molecule has 1 fully saturated rings. The van der Waals surface area contributed by atoms with E-state index in [2.05, 4.69) is 26.8 Å². The normalized spacial score (nSPS) is 21.3. The molecule has 18 heavy (non-hydrogen) atoms. The van der Waals surface area contributed by atoms with E-state index in [0.717, 1.165) is 26.2 Å². The molecule has 0 spiro atoms. The molecule has 1 aromatic rings. The summed E-state index contributed by atoms with van der Waals surface area (Å²) in [5.41, 5.74) is 1.27. The molecule has 1 N–H and O–H groups in total. The van der Waals surface area contributed by atoms with E-state index in [1.807, 2.05) is 12.5 Å². The maximum absolute atomic E-state index is 5.03. The van der Waals surface area contributed by atoms with Gasteiger partial charge in [-0.25, -0.2) is 4.98 Å². The van der Waals surface area contributed by atoms with E-state index in [-0.39, 0.29) is 0 Å². The standard InChI is InChI=1S/C13H24N4O/c1-16-6-3-4-12(10-16)17-11-15-9-13(17)8-14-5-7-18-2/h9,11-12,14H,3-8,10H2,1-2H3. The predicted octanol–water partition coefficient (Wildman–Crippen LogP) is 0.886. The molecule has 2 rings (SSSR count). The molecule has 1 atom stereocenters. The Hall–Kier alpha value is -0.910. The zero-order chi connectivity index (χ0) is 12.8. The fourth-order valence-electron chi connectivity index (χ4n) is 2.55. The Morgan fingerprint density at radius 3 is 3.22 bits per heavy atom. The minimum Gasteiger partial charge on any atom is -0.383 e. The van der Waals surface area contributed by atoms with Crippen LogP contribution < -0.4 is 5.32 Å². The summed E-state index contributed by atoms with van der Waals surface area (Å²) >= 11 is 0. The summed E-state index contributed by atoms with van der Waals surface area (Å²) in [6.07, 6.45) is 6.47. The zero-order valence-corrected chi connectivity index (χ0v) is 11.4. The third-order valence-corrected chi connectivity index (χ3v) is 3.53. The first-order valence-electron chi connectivity index (χ1n) is 6.70. The second-order valence-electron chi connectivity index (χ2n) is 5.02. The van der Waals surface area contributed by atoms with Crippen molar-refractivity contribution in [2.75, 3.05) is 40.4 Å². The number of methoxy groups -OCH3 is 1.